The van der Waals surface area contributed by atoms with Gasteiger partial charge >= 0.3 is 0 Å². The number of aliphatic hydroxyl groups is 2. The van der Waals surface area contributed by atoms with Crippen LogP contribution in [0.1, 0.15) is 55.8 Å². The molecule has 2 unspecified atom stereocenters. The van der Waals surface area contributed by atoms with Crippen molar-refractivity contribution in [2.24, 2.45) is 5.73 Å². The number of aliphatic hydroxyl groups excluding tert-OH is 2. The first-order valence-electron chi connectivity index (χ1n) is 15.2. The third-order valence-corrected chi connectivity index (χ3v) is 10.3. The maximum Gasteiger partial charge on any atom is 0.146 e. The number of Topliss-reactive ketones (excluding diaryl/α,β-unsaturated/α-hetero) is 2. The molecule has 0 aliphatic rings. The second-order valence-electron chi connectivity index (χ2n) is 11.1. The molecule has 2 aromatic carbocycles. The third kappa shape index (κ3) is 8.17. The molecule has 236 valence electrons. The average molecular weight is 652 g/mol. The number of nitrogens with two attached hydrogens (primary N) is 1. The van der Waals surface area contributed by atoms with Gasteiger partial charge in [-0.1, -0.05) is 43.3 Å². The van der Waals surface area contributed by atoms with E-state index in [4.69, 9.17) is 10.8 Å². The Morgan fingerprint density at radius 2 is 1.15 bits per heavy atom. The van der Waals surface area contributed by atoms with Crippen molar-refractivity contribution in [1.29, 1.82) is 0 Å². The third-order valence-electron chi connectivity index (χ3n) is 7.95. The van der Waals surface area contributed by atoms with Gasteiger partial charge in [0, 0.05) is 74.5 Å². The molecule has 0 saturated heterocycles. The monoisotopic (exact) mass is 651 g/mol. The van der Waals surface area contributed by atoms with Crippen LogP contribution in [0.3, 0.4) is 0 Å². The van der Waals surface area contributed by atoms with Gasteiger partial charge in [0.15, 0.2) is 0 Å². The van der Waals surface area contributed by atoms with Crippen LogP contribution in [0, 0.1) is 0 Å². The van der Waals surface area contributed by atoms with Crippen LogP contribution in [-0.2, 0) is 35.6 Å². The highest BCUT2D eigenvalue weighted by Gasteiger charge is 2.22. The van der Waals surface area contributed by atoms with E-state index in [0.717, 1.165) is 58.6 Å². The average Bonchev–Trinajstić information content (AvgIpc) is 3.76. The van der Waals surface area contributed by atoms with Gasteiger partial charge in [0.1, 0.15) is 11.6 Å². The maximum atomic E-state index is 12.7. The molecule has 6 rings (SSSR count). The molecule has 0 bridgehead atoms. The van der Waals surface area contributed by atoms with Gasteiger partial charge in [0.05, 0.1) is 25.0 Å². The van der Waals surface area contributed by atoms with Gasteiger partial charge in [-0.25, -0.2) is 0 Å². The van der Waals surface area contributed by atoms with Crippen LogP contribution in [0.25, 0.3) is 21.5 Å². The number of thiophene rings is 2. The molecule has 0 amide bonds. The molecule has 9 heteroatoms. The lowest BCUT2D eigenvalue weighted by molar-refractivity contribution is -0.120. The number of aromatic nitrogens is 2. The van der Waals surface area contributed by atoms with E-state index in [0.29, 0.717) is 12.8 Å². The molecule has 46 heavy (non-hydrogen) atoms. The second kappa shape index (κ2) is 15.9. The molecule has 2 atom stereocenters. The van der Waals surface area contributed by atoms with E-state index < -0.39 is 0 Å². The van der Waals surface area contributed by atoms with Crippen LogP contribution in [-0.4, -0.2) is 38.3 Å². The predicted octanol–water partition coefficient (Wildman–Crippen LogP) is 6.74. The summed E-state index contributed by atoms with van der Waals surface area (Å²) in [6, 6.07) is 23.6. The van der Waals surface area contributed by atoms with Crippen molar-refractivity contribution < 1.29 is 19.8 Å². The van der Waals surface area contributed by atoms with Gasteiger partial charge in [0.2, 0.25) is 0 Å². The van der Waals surface area contributed by atoms with E-state index >= 15 is 0 Å². The van der Waals surface area contributed by atoms with Crippen LogP contribution in [0.15, 0.2) is 97.6 Å². The van der Waals surface area contributed by atoms with E-state index in [1.165, 1.54) is 22.7 Å². The van der Waals surface area contributed by atoms with Crippen molar-refractivity contribution in [3.8, 4) is 0 Å². The molecule has 7 nitrogen and oxygen atoms in total. The van der Waals surface area contributed by atoms with Gasteiger partial charge in [-0.3, -0.25) is 19.6 Å². The summed E-state index contributed by atoms with van der Waals surface area (Å²) in [5.74, 6) is -0.0682. The van der Waals surface area contributed by atoms with Crippen molar-refractivity contribution in [1.82, 2.24) is 9.97 Å². The fourth-order valence-electron chi connectivity index (χ4n) is 5.46. The number of fused-ring (bicyclic) bond motifs is 2. The topological polar surface area (TPSA) is 126 Å². The lowest BCUT2D eigenvalue weighted by Crippen LogP contribution is -2.22. The first-order valence-corrected chi connectivity index (χ1v) is 16.8. The maximum absolute atomic E-state index is 12.7. The summed E-state index contributed by atoms with van der Waals surface area (Å²) in [7, 11) is 0. The molecule has 6 aromatic rings. The van der Waals surface area contributed by atoms with E-state index in [9.17, 15) is 14.7 Å². The Morgan fingerprint density at radius 3 is 1.59 bits per heavy atom. The fourth-order valence-corrected chi connectivity index (χ4v) is 7.55. The first kappa shape index (κ1) is 33.2. The molecule has 0 saturated carbocycles. The van der Waals surface area contributed by atoms with Crippen LogP contribution in [0.2, 0.25) is 0 Å². The zero-order valence-electron chi connectivity index (χ0n) is 25.6. The first-order chi connectivity index (χ1) is 22.4. The molecule has 0 spiro atoms. The largest absolute Gasteiger partial charge is 0.391 e. The smallest absolute Gasteiger partial charge is 0.146 e. The van der Waals surface area contributed by atoms with Crippen LogP contribution in [0.4, 0.5) is 0 Å². The number of nitrogens with zero attached hydrogens (tertiary/aromatic N) is 2. The number of hydrogen-bond acceptors (Lipinski definition) is 9. The number of rotatable bonds is 12. The van der Waals surface area contributed by atoms with Crippen molar-refractivity contribution in [2.75, 3.05) is 6.54 Å². The Morgan fingerprint density at radius 1 is 0.674 bits per heavy atom. The summed E-state index contributed by atoms with van der Waals surface area (Å²) in [4.78, 5) is 37.3. The van der Waals surface area contributed by atoms with Gasteiger partial charge in [0.25, 0.3) is 0 Å². The SMILES string of the molecule is CCC(C(=O)Cc1ccc2cnccc2c1)c1ccc(CO)s1.NCC(C(=O)Cc1ccc2cnccc2c1)c1ccc(CO)s1. The van der Waals surface area contributed by atoms with E-state index in [2.05, 4.69) is 16.0 Å². The Bertz CT molecular complexity index is 1790. The minimum atomic E-state index is -0.312. The summed E-state index contributed by atoms with van der Waals surface area (Å²) in [6.07, 6.45) is 8.73. The van der Waals surface area contributed by atoms with Crippen molar-refractivity contribution >= 4 is 55.8 Å². The summed E-state index contributed by atoms with van der Waals surface area (Å²) >= 11 is 2.98. The highest BCUT2D eigenvalue weighted by atomic mass is 32.1. The normalized spacial score (nSPS) is 12.4. The Balaban J connectivity index is 0.000000181. The minimum absolute atomic E-state index is 0.00510. The summed E-state index contributed by atoms with van der Waals surface area (Å²) < 4.78 is 0. The molecule has 4 N–H and O–H groups in total. The van der Waals surface area contributed by atoms with Gasteiger partial charge in [-0.2, -0.15) is 0 Å². The predicted molar refractivity (Wildman–Crippen MR) is 186 cm³/mol. The number of ketones is 2. The van der Waals surface area contributed by atoms with E-state index in [-0.39, 0.29) is 43.2 Å². The number of carbonyl (C=O) groups excluding carboxylic acids is 2. The van der Waals surface area contributed by atoms with Crippen molar-refractivity contribution in [3.05, 3.63) is 128 Å². The molecule has 0 radical (unpaired) electrons. The van der Waals surface area contributed by atoms with Gasteiger partial charge < -0.3 is 15.9 Å². The fraction of sp³-hybridized carbons (Fsp3) is 0.243. The van der Waals surface area contributed by atoms with Crippen molar-refractivity contribution in [2.45, 2.75) is 51.2 Å². The quantitative estimate of drug-likeness (QED) is 0.134. The number of pyridine rings is 2. The number of carbonyl (C=O) groups is 2. The van der Waals surface area contributed by atoms with Crippen LogP contribution < -0.4 is 5.73 Å². The van der Waals surface area contributed by atoms with Gasteiger partial charge in [-0.15, -0.1) is 22.7 Å². The lowest BCUT2D eigenvalue weighted by Gasteiger charge is -2.12. The van der Waals surface area contributed by atoms with Crippen molar-refractivity contribution in [3.63, 3.8) is 0 Å². The molecule has 0 aliphatic carbocycles. The molecular formula is C37H37N3O4S2. The highest BCUT2D eigenvalue weighted by molar-refractivity contribution is 7.12. The lowest BCUT2D eigenvalue weighted by atomic mass is 9.93. The zero-order valence-corrected chi connectivity index (χ0v) is 27.3. The molecule has 4 heterocycles. The highest BCUT2D eigenvalue weighted by Crippen LogP contribution is 2.30. The van der Waals surface area contributed by atoms with Crippen LogP contribution >= 0.6 is 22.7 Å². The molecular weight excluding hydrogens is 615 g/mol. The minimum Gasteiger partial charge on any atom is -0.391 e. The Kier molecular flexibility index (Phi) is 11.5. The number of benzene rings is 2. The second-order valence-corrected chi connectivity index (χ2v) is 13.5. The van der Waals surface area contributed by atoms with Crippen LogP contribution in [0.5, 0.6) is 0 Å². The van der Waals surface area contributed by atoms with Gasteiger partial charge in [-0.05, 0) is 64.7 Å². The summed E-state index contributed by atoms with van der Waals surface area (Å²) in [6.45, 7) is 2.34. The molecule has 4 aromatic heterocycles. The Labute approximate surface area is 276 Å². The van der Waals surface area contributed by atoms with E-state index in [1.54, 1.807) is 12.4 Å². The number of hydrogen-bond donors (Lipinski definition) is 3. The molecule has 0 aliphatic heterocycles. The Hall–Kier alpha value is -4.12. The zero-order chi connectivity index (χ0) is 32.5. The van der Waals surface area contributed by atoms with E-state index in [1.807, 2.05) is 86.0 Å². The summed E-state index contributed by atoms with van der Waals surface area (Å²) in [5, 5.41) is 22.7. The summed E-state index contributed by atoms with van der Waals surface area (Å²) in [5.41, 5.74) is 7.83. The standard InChI is InChI=1S/C19H19NO2S.C18H18N2O2S/c1-2-17(19-6-5-16(12-21)23-19)18(22)10-13-3-4-15-11-20-8-7-14(15)9-13;19-9-16(18-4-3-15(11-21)23-18)17(22)8-12-1-2-14-10-20-6-5-13(14)7-12/h3-9,11,17,21H,2,10,12H2,1H3;1-7,10,16,21H,8-9,11,19H2. The molecule has 0 fully saturated rings.